The third kappa shape index (κ3) is 3.16. The molecule has 0 aliphatic rings. The van der Waals surface area contributed by atoms with E-state index in [4.69, 9.17) is 20.8 Å². The second kappa shape index (κ2) is 6.18. The van der Waals surface area contributed by atoms with Gasteiger partial charge in [0.1, 0.15) is 18.0 Å². The fourth-order valence-corrected chi connectivity index (χ4v) is 2.52. The van der Waals surface area contributed by atoms with Crippen molar-refractivity contribution in [2.24, 2.45) is 0 Å². The Morgan fingerprint density at radius 3 is 2.74 bits per heavy atom. The van der Waals surface area contributed by atoms with Crippen molar-refractivity contribution >= 4 is 33.5 Å². The zero-order chi connectivity index (χ0) is 16.6. The number of nitrogens with zero attached hydrogens (tertiary/aromatic N) is 1. The van der Waals surface area contributed by atoms with Gasteiger partial charge in [0.05, 0.1) is 10.8 Å². The van der Waals surface area contributed by atoms with Crippen LogP contribution in [0.3, 0.4) is 0 Å². The molecule has 0 aliphatic carbocycles. The largest absolute Gasteiger partial charge is 0.488 e. The van der Waals surface area contributed by atoms with E-state index in [-0.39, 0.29) is 16.6 Å². The van der Waals surface area contributed by atoms with Crippen LogP contribution in [0.5, 0.6) is 5.75 Å². The molecule has 0 atom stereocenters. The van der Waals surface area contributed by atoms with E-state index in [1.807, 2.05) is 19.0 Å². The normalized spacial score (nSPS) is 11.5. The van der Waals surface area contributed by atoms with Crippen LogP contribution in [-0.4, -0.2) is 32.1 Å². The Morgan fingerprint density at radius 1 is 1.22 bits per heavy atom. The topological polar surface area (TPSA) is 42.7 Å². The van der Waals surface area contributed by atoms with Crippen molar-refractivity contribution in [3.63, 3.8) is 0 Å². The van der Waals surface area contributed by atoms with Gasteiger partial charge >= 0.3 is 0 Å². The van der Waals surface area contributed by atoms with E-state index in [1.54, 1.807) is 6.07 Å². The van der Waals surface area contributed by atoms with Crippen LogP contribution in [0.2, 0.25) is 5.02 Å². The molecule has 0 aliphatic heterocycles. The van der Waals surface area contributed by atoms with Crippen molar-refractivity contribution in [3.8, 4) is 5.75 Å². The summed E-state index contributed by atoms with van der Waals surface area (Å²) < 4.78 is 24.8. The quantitative estimate of drug-likeness (QED) is 0.682. The number of fused-ring (bicyclic) bond motifs is 2. The van der Waals surface area contributed by atoms with E-state index in [0.29, 0.717) is 34.7 Å². The van der Waals surface area contributed by atoms with E-state index in [2.05, 4.69) is 0 Å². The van der Waals surface area contributed by atoms with Gasteiger partial charge in [0.15, 0.2) is 11.3 Å². The van der Waals surface area contributed by atoms with Crippen molar-refractivity contribution in [2.75, 3.05) is 27.2 Å². The smallest absolute Gasteiger partial charge is 0.200 e. The number of likely N-dealkylation sites (N-methyl/N-ethyl adjacent to an activating group) is 1. The number of hydrogen-bond acceptors (Lipinski definition) is 4. The fourth-order valence-electron chi connectivity index (χ4n) is 2.31. The zero-order valence-electron chi connectivity index (χ0n) is 12.7. The van der Waals surface area contributed by atoms with Gasteiger partial charge in [0.2, 0.25) is 5.43 Å². The number of rotatable bonds is 4. The van der Waals surface area contributed by atoms with E-state index in [1.165, 1.54) is 24.3 Å². The number of halogens is 2. The molecule has 120 valence electrons. The van der Waals surface area contributed by atoms with Crippen molar-refractivity contribution in [3.05, 3.63) is 51.4 Å². The maximum atomic E-state index is 13.4. The first-order valence-corrected chi connectivity index (χ1v) is 7.46. The summed E-state index contributed by atoms with van der Waals surface area (Å²) in [5.74, 6) is -0.0957. The van der Waals surface area contributed by atoms with E-state index >= 15 is 0 Å². The summed E-state index contributed by atoms with van der Waals surface area (Å²) >= 11 is 6.08. The predicted octanol–water partition coefficient (Wildman–Crippen LogP) is 3.68. The summed E-state index contributed by atoms with van der Waals surface area (Å²) in [6, 6.07) is 6.94. The third-order valence-electron chi connectivity index (χ3n) is 3.46. The van der Waals surface area contributed by atoms with Gasteiger partial charge in [0.25, 0.3) is 0 Å². The molecule has 1 aromatic heterocycles. The zero-order valence-corrected chi connectivity index (χ0v) is 13.5. The van der Waals surface area contributed by atoms with Gasteiger partial charge in [-0.3, -0.25) is 4.79 Å². The highest BCUT2D eigenvalue weighted by Gasteiger charge is 2.14. The van der Waals surface area contributed by atoms with Crippen LogP contribution in [0.4, 0.5) is 4.39 Å². The summed E-state index contributed by atoms with van der Waals surface area (Å²) in [6.45, 7) is 1.10. The van der Waals surface area contributed by atoms with Gasteiger partial charge in [-0.2, -0.15) is 0 Å². The second-order valence-electron chi connectivity index (χ2n) is 5.50. The minimum atomic E-state index is -0.468. The van der Waals surface area contributed by atoms with Crippen LogP contribution in [0.25, 0.3) is 21.9 Å². The van der Waals surface area contributed by atoms with Crippen LogP contribution in [0.15, 0.2) is 39.5 Å². The van der Waals surface area contributed by atoms with Crippen LogP contribution in [0, 0.1) is 5.82 Å². The molecule has 3 rings (SSSR count). The van der Waals surface area contributed by atoms with Crippen molar-refractivity contribution < 1.29 is 13.5 Å². The van der Waals surface area contributed by atoms with Gasteiger partial charge < -0.3 is 14.1 Å². The number of hydrogen-bond donors (Lipinski definition) is 0. The van der Waals surface area contributed by atoms with Crippen LogP contribution in [-0.2, 0) is 0 Å². The second-order valence-corrected chi connectivity index (χ2v) is 5.94. The minimum absolute atomic E-state index is 0.183. The Balaban J connectivity index is 2.20. The van der Waals surface area contributed by atoms with Crippen LogP contribution >= 0.6 is 11.6 Å². The SMILES string of the molecule is CN(C)CCOc1cc(Cl)cc2c(=O)c3ccc(F)cc3oc12. The summed E-state index contributed by atoms with van der Waals surface area (Å²) in [7, 11) is 3.85. The monoisotopic (exact) mass is 335 g/mol. The lowest BCUT2D eigenvalue weighted by Crippen LogP contribution is -2.19. The molecule has 0 saturated carbocycles. The van der Waals surface area contributed by atoms with Gasteiger partial charge in [-0.1, -0.05) is 11.6 Å². The molecule has 0 saturated heterocycles. The van der Waals surface area contributed by atoms with E-state index in [9.17, 15) is 9.18 Å². The lowest BCUT2D eigenvalue weighted by Gasteiger charge is -2.12. The molecule has 0 bridgehead atoms. The standard InChI is InChI=1S/C17H15ClFNO3/c1-20(2)5-6-22-15-8-10(18)7-13-16(21)12-4-3-11(19)9-14(12)23-17(13)15/h3-4,7-9H,5-6H2,1-2H3. The van der Waals surface area contributed by atoms with Crippen LogP contribution in [0.1, 0.15) is 0 Å². The molecule has 3 aromatic rings. The summed E-state index contributed by atoms with van der Waals surface area (Å²) in [5.41, 5.74) is 0.194. The summed E-state index contributed by atoms with van der Waals surface area (Å²) in [6.07, 6.45) is 0. The molecule has 0 amide bonds. The molecular weight excluding hydrogens is 321 g/mol. The molecule has 4 nitrogen and oxygen atoms in total. The Labute approximate surface area is 137 Å². The summed E-state index contributed by atoms with van der Waals surface area (Å²) in [4.78, 5) is 14.5. The molecule has 0 radical (unpaired) electrons. The molecule has 0 fully saturated rings. The molecule has 2 aromatic carbocycles. The number of ether oxygens (including phenoxy) is 1. The van der Waals surface area contributed by atoms with Gasteiger partial charge in [-0.15, -0.1) is 0 Å². The Kier molecular flexibility index (Phi) is 4.24. The fraction of sp³-hybridized carbons (Fsp3) is 0.235. The average Bonchev–Trinajstić information content (AvgIpc) is 2.48. The Morgan fingerprint density at radius 2 is 2.00 bits per heavy atom. The van der Waals surface area contributed by atoms with Crippen molar-refractivity contribution in [2.45, 2.75) is 0 Å². The molecule has 6 heteroatoms. The van der Waals surface area contributed by atoms with Crippen LogP contribution < -0.4 is 10.2 Å². The highest BCUT2D eigenvalue weighted by atomic mass is 35.5. The Bertz CT molecular complexity index is 936. The first-order valence-electron chi connectivity index (χ1n) is 7.09. The third-order valence-corrected chi connectivity index (χ3v) is 3.68. The lowest BCUT2D eigenvalue weighted by molar-refractivity contribution is 0.261. The highest BCUT2D eigenvalue weighted by molar-refractivity contribution is 6.31. The van der Waals surface area contributed by atoms with Gasteiger partial charge in [-0.05, 0) is 32.3 Å². The minimum Gasteiger partial charge on any atom is -0.488 e. The molecular formula is C17H15ClFNO3. The van der Waals surface area contributed by atoms with E-state index < -0.39 is 5.82 Å². The van der Waals surface area contributed by atoms with Crippen molar-refractivity contribution in [1.29, 1.82) is 0 Å². The first-order chi connectivity index (χ1) is 11.0. The molecule has 0 unspecified atom stereocenters. The molecule has 0 N–H and O–H groups in total. The highest BCUT2D eigenvalue weighted by Crippen LogP contribution is 2.31. The summed E-state index contributed by atoms with van der Waals surface area (Å²) in [5, 5.41) is 1.00. The predicted molar refractivity (Wildman–Crippen MR) is 89.0 cm³/mol. The molecule has 23 heavy (non-hydrogen) atoms. The average molecular weight is 336 g/mol. The Hall–Kier alpha value is -2.11. The first kappa shape index (κ1) is 15.8. The van der Waals surface area contributed by atoms with Gasteiger partial charge in [-0.25, -0.2) is 4.39 Å². The van der Waals surface area contributed by atoms with Gasteiger partial charge in [0, 0.05) is 23.7 Å². The molecule has 0 spiro atoms. The number of benzene rings is 2. The molecule has 1 heterocycles. The maximum absolute atomic E-state index is 13.4. The van der Waals surface area contributed by atoms with Crippen molar-refractivity contribution in [1.82, 2.24) is 4.90 Å². The maximum Gasteiger partial charge on any atom is 0.200 e. The lowest BCUT2D eigenvalue weighted by atomic mass is 10.1. The van der Waals surface area contributed by atoms with E-state index in [0.717, 1.165) is 0 Å².